The Labute approximate surface area is 165 Å². The van der Waals surface area contributed by atoms with Gasteiger partial charge in [-0.1, -0.05) is 53.3 Å². The molecule has 0 atom stereocenters. The van der Waals surface area contributed by atoms with Crippen molar-refractivity contribution >= 4 is 37.0 Å². The van der Waals surface area contributed by atoms with E-state index in [1.807, 2.05) is 12.1 Å². The summed E-state index contributed by atoms with van der Waals surface area (Å²) in [6.07, 6.45) is 0. The maximum absolute atomic E-state index is 10.3. The van der Waals surface area contributed by atoms with Crippen LogP contribution in [0.4, 0.5) is 0 Å². The molecule has 0 saturated heterocycles. The Hall–Kier alpha value is -0.910. The molecule has 0 bridgehead atoms. The minimum Gasteiger partial charge on any atom is -0.508 e. The van der Waals surface area contributed by atoms with E-state index >= 15 is 0 Å². The van der Waals surface area contributed by atoms with Gasteiger partial charge in [0, 0.05) is 30.7 Å². The first kappa shape index (κ1) is 20.4. The van der Waals surface area contributed by atoms with Gasteiger partial charge in [-0.25, -0.2) is 0 Å². The fourth-order valence-corrected chi connectivity index (χ4v) is 4.16. The molecule has 0 fully saturated rings. The predicted molar refractivity (Wildman–Crippen MR) is 112 cm³/mol. The van der Waals surface area contributed by atoms with Crippen molar-refractivity contribution in [1.29, 1.82) is 0 Å². The van der Waals surface area contributed by atoms with Crippen molar-refractivity contribution < 1.29 is 10.2 Å². The van der Waals surface area contributed by atoms with Crippen LogP contribution in [0.3, 0.4) is 0 Å². The number of hydrogen-bond donors (Lipinski definition) is 4. The Morgan fingerprint density at radius 3 is 1.28 bits per heavy atom. The highest BCUT2D eigenvalue weighted by Crippen LogP contribution is 2.44. The molecule has 2 aromatic rings. The number of thiol groups is 2. The number of benzene rings is 2. The average molecular weight is 395 g/mol. The maximum atomic E-state index is 10.3. The van der Waals surface area contributed by atoms with Crippen LogP contribution in [0.15, 0.2) is 43.8 Å². The second-order valence-corrected chi connectivity index (χ2v) is 10.3. The molecular formula is C20H26O2S3. The third-order valence-electron chi connectivity index (χ3n) is 3.99. The van der Waals surface area contributed by atoms with E-state index in [2.05, 4.69) is 66.8 Å². The van der Waals surface area contributed by atoms with Crippen LogP contribution in [0, 0.1) is 0 Å². The molecule has 0 aromatic heterocycles. The molecule has 0 unspecified atom stereocenters. The Morgan fingerprint density at radius 1 is 0.680 bits per heavy atom. The number of rotatable bonds is 2. The SMILES string of the molecule is CC(C)(C)c1cc(Sc2cc(C(C)(C)C)c(O)cc2S)c(S)cc1O. The fraction of sp³-hybridized carbons (Fsp3) is 0.400. The summed E-state index contributed by atoms with van der Waals surface area (Å²) in [5, 5.41) is 20.5. The molecule has 0 aliphatic carbocycles. The van der Waals surface area contributed by atoms with Crippen molar-refractivity contribution in [3.05, 3.63) is 35.4 Å². The lowest BCUT2D eigenvalue weighted by molar-refractivity contribution is 0.443. The Balaban J connectivity index is 2.54. The quantitative estimate of drug-likeness (QED) is 0.444. The van der Waals surface area contributed by atoms with Gasteiger partial charge in [0.1, 0.15) is 11.5 Å². The van der Waals surface area contributed by atoms with E-state index in [9.17, 15) is 10.2 Å². The topological polar surface area (TPSA) is 40.5 Å². The van der Waals surface area contributed by atoms with Crippen LogP contribution in [-0.4, -0.2) is 10.2 Å². The van der Waals surface area contributed by atoms with Crippen LogP contribution in [0.1, 0.15) is 52.7 Å². The van der Waals surface area contributed by atoms with Crippen LogP contribution in [0.5, 0.6) is 11.5 Å². The van der Waals surface area contributed by atoms with Gasteiger partial charge in [-0.05, 0) is 35.1 Å². The summed E-state index contributed by atoms with van der Waals surface area (Å²) in [5.41, 5.74) is 1.42. The van der Waals surface area contributed by atoms with E-state index in [1.165, 1.54) is 0 Å². The molecular weight excluding hydrogens is 368 g/mol. The standard InChI is InChI=1S/C20H26O2S3/c1-19(2,3)11-7-17(15(23)9-13(11)21)25-18-8-12(20(4,5)6)14(22)10-16(18)24/h7-10,21-24H,1-6H3. The zero-order valence-electron chi connectivity index (χ0n) is 15.5. The highest BCUT2D eigenvalue weighted by Gasteiger charge is 2.23. The summed E-state index contributed by atoms with van der Waals surface area (Å²) < 4.78 is 0. The van der Waals surface area contributed by atoms with Crippen LogP contribution in [0.25, 0.3) is 0 Å². The molecule has 25 heavy (non-hydrogen) atoms. The normalized spacial score (nSPS) is 12.5. The van der Waals surface area contributed by atoms with Gasteiger partial charge in [0.25, 0.3) is 0 Å². The molecule has 2 nitrogen and oxygen atoms in total. The van der Waals surface area contributed by atoms with Gasteiger partial charge in [0.05, 0.1) is 0 Å². The number of hydrogen-bond acceptors (Lipinski definition) is 5. The van der Waals surface area contributed by atoms with Gasteiger partial charge in [-0.15, -0.1) is 25.3 Å². The molecule has 0 radical (unpaired) electrons. The number of phenols is 2. The Bertz CT molecular complexity index is 733. The number of phenolic OH excluding ortho intramolecular Hbond substituents is 2. The van der Waals surface area contributed by atoms with E-state index in [0.717, 1.165) is 20.9 Å². The lowest BCUT2D eigenvalue weighted by atomic mass is 9.86. The monoisotopic (exact) mass is 394 g/mol. The van der Waals surface area contributed by atoms with E-state index in [1.54, 1.807) is 23.9 Å². The van der Waals surface area contributed by atoms with Gasteiger partial charge < -0.3 is 10.2 Å². The highest BCUT2D eigenvalue weighted by molar-refractivity contribution is 8.00. The first-order valence-corrected chi connectivity index (χ1v) is 9.82. The summed E-state index contributed by atoms with van der Waals surface area (Å²) in [6.45, 7) is 12.4. The summed E-state index contributed by atoms with van der Waals surface area (Å²) >= 11 is 10.6. The fourth-order valence-electron chi connectivity index (χ4n) is 2.60. The Morgan fingerprint density at radius 2 is 1.00 bits per heavy atom. The van der Waals surface area contributed by atoms with Gasteiger partial charge in [-0.2, -0.15) is 0 Å². The zero-order chi connectivity index (χ0) is 19.2. The van der Waals surface area contributed by atoms with E-state index in [4.69, 9.17) is 0 Å². The van der Waals surface area contributed by atoms with E-state index in [0.29, 0.717) is 9.79 Å². The van der Waals surface area contributed by atoms with Crippen molar-refractivity contribution in [2.45, 2.75) is 72.0 Å². The molecule has 0 spiro atoms. The summed E-state index contributed by atoms with van der Waals surface area (Å²) in [4.78, 5) is 3.33. The lowest BCUT2D eigenvalue weighted by Gasteiger charge is -2.23. The van der Waals surface area contributed by atoms with Crippen LogP contribution in [0.2, 0.25) is 0 Å². The smallest absolute Gasteiger partial charge is 0.120 e. The lowest BCUT2D eigenvalue weighted by Crippen LogP contribution is -2.12. The molecule has 2 aromatic carbocycles. The van der Waals surface area contributed by atoms with Crippen molar-refractivity contribution in [2.75, 3.05) is 0 Å². The van der Waals surface area contributed by atoms with Gasteiger partial charge >= 0.3 is 0 Å². The van der Waals surface area contributed by atoms with Crippen LogP contribution < -0.4 is 0 Å². The van der Waals surface area contributed by atoms with Crippen molar-refractivity contribution in [1.82, 2.24) is 0 Å². The second-order valence-electron chi connectivity index (χ2n) is 8.28. The van der Waals surface area contributed by atoms with Crippen LogP contribution >= 0.6 is 37.0 Å². The molecule has 2 N–H and O–H groups in total. The maximum Gasteiger partial charge on any atom is 0.120 e. The largest absolute Gasteiger partial charge is 0.508 e. The number of aromatic hydroxyl groups is 2. The van der Waals surface area contributed by atoms with Gasteiger partial charge in [0.2, 0.25) is 0 Å². The molecule has 2 rings (SSSR count). The van der Waals surface area contributed by atoms with Crippen molar-refractivity contribution in [3.63, 3.8) is 0 Å². The first-order valence-electron chi connectivity index (χ1n) is 8.11. The minimum absolute atomic E-state index is 0.170. The molecule has 0 aliphatic heterocycles. The molecule has 0 saturated carbocycles. The average Bonchev–Trinajstić information content (AvgIpc) is 2.41. The first-order chi connectivity index (χ1) is 11.3. The molecule has 136 valence electrons. The van der Waals surface area contributed by atoms with Crippen LogP contribution in [-0.2, 0) is 10.8 Å². The molecule has 5 heteroatoms. The predicted octanol–water partition coefficient (Wildman–Crippen LogP) is 6.42. The zero-order valence-corrected chi connectivity index (χ0v) is 18.1. The van der Waals surface area contributed by atoms with Gasteiger partial charge in [-0.3, -0.25) is 0 Å². The third kappa shape index (κ3) is 4.63. The molecule has 0 amide bonds. The summed E-state index contributed by atoms with van der Waals surface area (Å²) in [6, 6.07) is 7.35. The Kier molecular flexibility index (Phi) is 5.72. The highest BCUT2D eigenvalue weighted by atomic mass is 32.2. The van der Waals surface area contributed by atoms with E-state index in [-0.39, 0.29) is 22.3 Å². The summed E-state index contributed by atoms with van der Waals surface area (Å²) in [5.74, 6) is 0.517. The van der Waals surface area contributed by atoms with Crippen molar-refractivity contribution in [3.8, 4) is 11.5 Å². The summed E-state index contributed by atoms with van der Waals surface area (Å²) in [7, 11) is 0. The molecule has 0 aliphatic rings. The third-order valence-corrected chi connectivity index (χ3v) is 6.15. The van der Waals surface area contributed by atoms with E-state index < -0.39 is 0 Å². The second kappa shape index (κ2) is 7.01. The minimum atomic E-state index is -0.170. The molecule has 0 heterocycles. The van der Waals surface area contributed by atoms with Crippen molar-refractivity contribution in [2.24, 2.45) is 0 Å². The van der Waals surface area contributed by atoms with Gasteiger partial charge in [0.15, 0.2) is 0 Å².